The van der Waals surface area contributed by atoms with Gasteiger partial charge in [0.1, 0.15) is 0 Å². The smallest absolute Gasteiger partial charge is 0.0715 e. The zero-order valence-electron chi connectivity index (χ0n) is 12.2. The number of benzene rings is 3. The Bertz CT molecular complexity index is 919. The second-order valence-corrected chi connectivity index (χ2v) is 5.43. The first kappa shape index (κ1) is 13.0. The molecule has 0 saturated carbocycles. The number of pyridine rings is 1. The van der Waals surface area contributed by atoms with Gasteiger partial charge in [-0.15, -0.1) is 0 Å². The molecule has 106 valence electrons. The summed E-state index contributed by atoms with van der Waals surface area (Å²) < 4.78 is 0. The zero-order valence-corrected chi connectivity index (χ0v) is 12.2. The Labute approximate surface area is 129 Å². The first-order valence-electron chi connectivity index (χ1n) is 7.44. The van der Waals surface area contributed by atoms with Crippen molar-refractivity contribution in [3.63, 3.8) is 0 Å². The van der Waals surface area contributed by atoms with E-state index in [1.807, 2.05) is 12.1 Å². The number of hydrogen-bond donors (Lipinski definition) is 1. The molecule has 0 bridgehead atoms. The van der Waals surface area contributed by atoms with Gasteiger partial charge in [0, 0.05) is 22.9 Å². The van der Waals surface area contributed by atoms with Crippen LogP contribution in [0.1, 0.15) is 5.56 Å². The first-order valence-corrected chi connectivity index (χ1v) is 7.44. The molecule has 2 N–H and O–H groups in total. The van der Waals surface area contributed by atoms with Crippen LogP contribution in [0.5, 0.6) is 0 Å². The zero-order chi connectivity index (χ0) is 14.9. The van der Waals surface area contributed by atoms with Crippen LogP contribution in [-0.4, -0.2) is 4.98 Å². The lowest BCUT2D eigenvalue weighted by molar-refractivity contribution is 1.07. The number of fused-ring (bicyclic) bond motifs is 2. The molecule has 0 amide bonds. The van der Waals surface area contributed by atoms with E-state index in [1.165, 1.54) is 21.9 Å². The Morgan fingerprint density at radius 3 is 2.00 bits per heavy atom. The summed E-state index contributed by atoms with van der Waals surface area (Å²) in [5.41, 5.74) is 11.4. The Balaban J connectivity index is 2.16. The predicted octanol–water partition coefficient (Wildman–Crippen LogP) is 4.51. The lowest BCUT2D eigenvalue weighted by Gasteiger charge is -2.12. The van der Waals surface area contributed by atoms with Crippen LogP contribution in [0.2, 0.25) is 0 Å². The van der Waals surface area contributed by atoms with Crippen molar-refractivity contribution >= 4 is 21.8 Å². The van der Waals surface area contributed by atoms with Crippen molar-refractivity contribution in [1.29, 1.82) is 0 Å². The van der Waals surface area contributed by atoms with Gasteiger partial charge in [-0.3, -0.25) is 0 Å². The van der Waals surface area contributed by atoms with Crippen LogP contribution < -0.4 is 5.73 Å². The molecule has 2 nitrogen and oxygen atoms in total. The third kappa shape index (κ3) is 2.05. The summed E-state index contributed by atoms with van der Waals surface area (Å²) in [4.78, 5) is 4.78. The molecule has 4 rings (SSSR count). The molecule has 1 aromatic heterocycles. The van der Waals surface area contributed by atoms with Gasteiger partial charge in [0.2, 0.25) is 0 Å². The maximum absolute atomic E-state index is 5.81. The van der Waals surface area contributed by atoms with Gasteiger partial charge < -0.3 is 5.73 Å². The van der Waals surface area contributed by atoms with Crippen LogP contribution >= 0.6 is 0 Å². The van der Waals surface area contributed by atoms with Gasteiger partial charge in [-0.2, -0.15) is 0 Å². The minimum atomic E-state index is 0.550. The number of hydrogen-bond acceptors (Lipinski definition) is 2. The second kappa shape index (κ2) is 5.24. The third-order valence-electron chi connectivity index (χ3n) is 4.04. The van der Waals surface area contributed by atoms with Gasteiger partial charge in [0.25, 0.3) is 0 Å². The van der Waals surface area contributed by atoms with Crippen LogP contribution in [0.3, 0.4) is 0 Å². The Hall–Kier alpha value is -2.71. The van der Waals surface area contributed by atoms with E-state index in [0.29, 0.717) is 6.54 Å². The minimum absolute atomic E-state index is 0.550. The fraction of sp³-hybridized carbons (Fsp3) is 0.0500. The summed E-state index contributed by atoms with van der Waals surface area (Å²) in [5.74, 6) is 0. The molecular formula is C20H16N2. The molecule has 3 aromatic carbocycles. The highest BCUT2D eigenvalue weighted by Gasteiger charge is 2.10. The number of para-hydroxylation sites is 2. The van der Waals surface area contributed by atoms with Crippen LogP contribution in [0.25, 0.3) is 32.9 Å². The molecule has 1 heterocycles. The van der Waals surface area contributed by atoms with Crippen molar-refractivity contribution in [3.8, 4) is 11.1 Å². The standard InChI is InChI=1S/C20H16N2/c21-13-14-6-5-7-15(12-14)20-16-8-1-3-10-18(16)22-19-11-4-2-9-17(19)20/h1-12H,13,21H2. The SMILES string of the molecule is NCc1cccc(-c2c3ccccc3nc3ccccc23)c1. The Kier molecular flexibility index (Phi) is 3.10. The van der Waals surface area contributed by atoms with Crippen LogP contribution in [-0.2, 0) is 6.54 Å². The van der Waals surface area contributed by atoms with E-state index >= 15 is 0 Å². The fourth-order valence-corrected chi connectivity index (χ4v) is 3.00. The van der Waals surface area contributed by atoms with E-state index in [1.54, 1.807) is 0 Å². The highest BCUT2D eigenvalue weighted by Crippen LogP contribution is 2.34. The largest absolute Gasteiger partial charge is 0.326 e. The summed E-state index contributed by atoms with van der Waals surface area (Å²) in [6.45, 7) is 0.550. The van der Waals surface area contributed by atoms with Crippen molar-refractivity contribution in [3.05, 3.63) is 78.4 Å². The van der Waals surface area contributed by atoms with Gasteiger partial charge >= 0.3 is 0 Å². The van der Waals surface area contributed by atoms with Crippen LogP contribution in [0.4, 0.5) is 0 Å². The van der Waals surface area contributed by atoms with E-state index in [-0.39, 0.29) is 0 Å². The quantitative estimate of drug-likeness (QED) is 0.550. The van der Waals surface area contributed by atoms with E-state index in [2.05, 4.69) is 60.7 Å². The van der Waals surface area contributed by atoms with Gasteiger partial charge in [-0.1, -0.05) is 54.6 Å². The summed E-state index contributed by atoms with van der Waals surface area (Å²) >= 11 is 0. The third-order valence-corrected chi connectivity index (χ3v) is 4.04. The maximum Gasteiger partial charge on any atom is 0.0715 e. The Morgan fingerprint density at radius 2 is 1.36 bits per heavy atom. The number of nitrogens with two attached hydrogens (primary N) is 1. The van der Waals surface area contributed by atoms with E-state index in [0.717, 1.165) is 16.6 Å². The topological polar surface area (TPSA) is 38.9 Å². The van der Waals surface area contributed by atoms with Crippen molar-refractivity contribution in [2.24, 2.45) is 5.73 Å². The summed E-state index contributed by atoms with van der Waals surface area (Å²) in [6.07, 6.45) is 0. The Morgan fingerprint density at radius 1 is 0.727 bits per heavy atom. The van der Waals surface area contributed by atoms with Gasteiger partial charge in [-0.25, -0.2) is 4.98 Å². The lowest BCUT2D eigenvalue weighted by atomic mass is 9.95. The van der Waals surface area contributed by atoms with Gasteiger partial charge in [-0.05, 0) is 29.3 Å². The molecule has 0 aliphatic carbocycles. The molecule has 0 spiro atoms. The molecule has 0 saturated heterocycles. The van der Waals surface area contributed by atoms with E-state index < -0.39 is 0 Å². The summed E-state index contributed by atoms with van der Waals surface area (Å²) in [5, 5.41) is 2.35. The van der Waals surface area contributed by atoms with Crippen LogP contribution in [0.15, 0.2) is 72.8 Å². The number of nitrogens with zero attached hydrogens (tertiary/aromatic N) is 1. The number of aromatic nitrogens is 1. The highest BCUT2D eigenvalue weighted by atomic mass is 14.7. The molecule has 2 heteroatoms. The molecule has 0 radical (unpaired) electrons. The normalized spacial score (nSPS) is 11.1. The van der Waals surface area contributed by atoms with Crippen molar-refractivity contribution in [2.75, 3.05) is 0 Å². The molecule has 4 aromatic rings. The molecule has 0 aliphatic heterocycles. The molecular weight excluding hydrogens is 268 g/mol. The summed E-state index contributed by atoms with van der Waals surface area (Å²) in [7, 11) is 0. The van der Waals surface area contributed by atoms with Gasteiger partial charge in [0.05, 0.1) is 11.0 Å². The van der Waals surface area contributed by atoms with Crippen molar-refractivity contribution in [2.45, 2.75) is 6.54 Å². The summed E-state index contributed by atoms with van der Waals surface area (Å²) in [6, 6.07) is 25.1. The van der Waals surface area contributed by atoms with Crippen molar-refractivity contribution in [1.82, 2.24) is 4.98 Å². The molecule has 0 unspecified atom stereocenters. The van der Waals surface area contributed by atoms with Crippen molar-refractivity contribution < 1.29 is 0 Å². The average molecular weight is 284 g/mol. The molecule has 0 aliphatic rings. The average Bonchev–Trinajstić information content (AvgIpc) is 2.59. The molecule has 0 fully saturated rings. The predicted molar refractivity (Wildman–Crippen MR) is 92.6 cm³/mol. The lowest BCUT2D eigenvalue weighted by Crippen LogP contribution is -1.96. The highest BCUT2D eigenvalue weighted by molar-refractivity contribution is 6.09. The molecule has 22 heavy (non-hydrogen) atoms. The second-order valence-electron chi connectivity index (χ2n) is 5.43. The molecule has 0 atom stereocenters. The monoisotopic (exact) mass is 284 g/mol. The maximum atomic E-state index is 5.81. The number of rotatable bonds is 2. The minimum Gasteiger partial charge on any atom is -0.326 e. The van der Waals surface area contributed by atoms with E-state index in [4.69, 9.17) is 10.7 Å². The first-order chi connectivity index (χ1) is 10.9. The van der Waals surface area contributed by atoms with E-state index in [9.17, 15) is 0 Å². The van der Waals surface area contributed by atoms with Gasteiger partial charge in [0.15, 0.2) is 0 Å². The van der Waals surface area contributed by atoms with Crippen LogP contribution in [0, 0.1) is 0 Å². The fourth-order valence-electron chi connectivity index (χ4n) is 3.00.